The van der Waals surface area contributed by atoms with Crippen molar-refractivity contribution in [3.8, 4) is 0 Å². The number of halogens is 1. The molecule has 0 radical (unpaired) electrons. The van der Waals surface area contributed by atoms with E-state index in [1.807, 2.05) is 24.3 Å². The third-order valence-corrected chi connectivity index (χ3v) is 7.65. The number of aliphatic hydroxyl groups is 1. The first-order valence-corrected chi connectivity index (χ1v) is 12.8. The van der Waals surface area contributed by atoms with Crippen molar-refractivity contribution < 1.29 is 9.50 Å². The van der Waals surface area contributed by atoms with Gasteiger partial charge in [-0.05, 0) is 72.4 Å². The van der Waals surface area contributed by atoms with E-state index in [4.69, 9.17) is 12.2 Å². The summed E-state index contributed by atoms with van der Waals surface area (Å²) in [5.41, 5.74) is 4.28. The van der Waals surface area contributed by atoms with Crippen molar-refractivity contribution in [3.63, 3.8) is 0 Å². The topological polar surface area (TPSA) is 38.7 Å². The number of likely N-dealkylation sites (tertiary alicyclic amines) is 1. The molecule has 4 nitrogen and oxygen atoms in total. The summed E-state index contributed by atoms with van der Waals surface area (Å²) in [6.07, 6.45) is 2.75. The molecule has 6 heteroatoms. The van der Waals surface area contributed by atoms with Gasteiger partial charge in [0.15, 0.2) is 5.11 Å². The van der Waals surface area contributed by atoms with Crippen LogP contribution in [0.15, 0.2) is 78.9 Å². The van der Waals surface area contributed by atoms with E-state index in [0.29, 0.717) is 5.11 Å². The lowest BCUT2D eigenvalue weighted by Gasteiger charge is -2.46. The van der Waals surface area contributed by atoms with E-state index in [-0.39, 0.29) is 18.5 Å². The highest BCUT2D eigenvalue weighted by atomic mass is 32.1. The Balaban J connectivity index is 1.38. The predicted octanol–water partition coefficient (Wildman–Crippen LogP) is 4.67. The number of thiocarbonyl (C=S) groups is 1. The van der Waals surface area contributed by atoms with Gasteiger partial charge in [-0.15, -0.1) is 0 Å². The van der Waals surface area contributed by atoms with Gasteiger partial charge in [-0.3, -0.25) is 4.90 Å². The van der Waals surface area contributed by atoms with Gasteiger partial charge in [-0.25, -0.2) is 4.39 Å². The molecule has 0 aromatic heterocycles. The molecule has 3 aromatic carbocycles. The van der Waals surface area contributed by atoms with E-state index in [1.54, 1.807) is 0 Å². The number of hydrogen-bond acceptors (Lipinski definition) is 3. The second-order valence-corrected chi connectivity index (χ2v) is 10.2. The zero-order chi connectivity index (χ0) is 24.3. The van der Waals surface area contributed by atoms with Crippen LogP contribution in [-0.2, 0) is 13.0 Å². The average Bonchev–Trinajstić information content (AvgIpc) is 2.89. The zero-order valence-electron chi connectivity index (χ0n) is 19.9. The van der Waals surface area contributed by atoms with E-state index >= 15 is 0 Å². The van der Waals surface area contributed by atoms with Gasteiger partial charge in [-0.2, -0.15) is 0 Å². The quantitative estimate of drug-likeness (QED) is 0.510. The maximum atomic E-state index is 13.7. The van der Waals surface area contributed by atoms with Gasteiger partial charge in [0.2, 0.25) is 0 Å². The maximum Gasteiger partial charge on any atom is 0.170 e. The maximum absolute atomic E-state index is 13.7. The standard InChI is InChI=1S/C29H32FN3OS/c30-25-13-11-24(12-14-25)27-26-10-5-4-9-23(26)15-18-33(27)28(35)31-29(21-34)16-6-17-32(20-29)19-22-7-2-1-3-8-22/h1-5,7-14,27,34H,6,15-21H2,(H,31,35)/t27-,29?/m0/s1. The molecule has 2 aliphatic heterocycles. The molecule has 2 heterocycles. The number of hydrogen-bond donors (Lipinski definition) is 2. The summed E-state index contributed by atoms with van der Waals surface area (Å²) in [6, 6.07) is 25.5. The molecule has 0 amide bonds. The van der Waals surface area contributed by atoms with Crippen LogP contribution < -0.4 is 5.32 Å². The minimum absolute atomic E-state index is 0.0179. The average molecular weight is 490 g/mol. The van der Waals surface area contributed by atoms with Gasteiger partial charge in [0.05, 0.1) is 18.2 Å². The van der Waals surface area contributed by atoms with Crippen LogP contribution in [0.5, 0.6) is 0 Å². The Labute approximate surface area is 212 Å². The summed E-state index contributed by atoms with van der Waals surface area (Å²) >= 11 is 6.00. The Morgan fingerprint density at radius 2 is 1.74 bits per heavy atom. The highest BCUT2D eigenvalue weighted by Gasteiger charge is 2.38. The summed E-state index contributed by atoms with van der Waals surface area (Å²) in [5.74, 6) is -0.245. The van der Waals surface area contributed by atoms with Crippen molar-refractivity contribution in [2.45, 2.75) is 37.4 Å². The monoisotopic (exact) mass is 489 g/mol. The fourth-order valence-electron chi connectivity index (χ4n) is 5.56. The van der Waals surface area contributed by atoms with E-state index in [0.717, 1.165) is 51.0 Å². The van der Waals surface area contributed by atoms with E-state index < -0.39 is 5.54 Å². The third-order valence-electron chi connectivity index (χ3n) is 7.31. The smallest absolute Gasteiger partial charge is 0.170 e. The fraction of sp³-hybridized carbons (Fsp3) is 0.345. The van der Waals surface area contributed by atoms with Gasteiger partial charge in [0.25, 0.3) is 0 Å². The molecule has 35 heavy (non-hydrogen) atoms. The van der Waals surface area contributed by atoms with Crippen molar-refractivity contribution in [2.75, 3.05) is 26.2 Å². The second-order valence-electron chi connectivity index (χ2n) is 9.76. The molecule has 0 saturated carbocycles. The predicted molar refractivity (Wildman–Crippen MR) is 142 cm³/mol. The number of fused-ring (bicyclic) bond motifs is 1. The lowest BCUT2D eigenvalue weighted by atomic mass is 9.87. The van der Waals surface area contributed by atoms with Crippen LogP contribution >= 0.6 is 12.2 Å². The van der Waals surface area contributed by atoms with Crippen LogP contribution in [0.1, 0.15) is 41.1 Å². The number of nitrogens with zero attached hydrogens (tertiary/aromatic N) is 2. The normalized spacial score (nSPS) is 22.5. The fourth-order valence-corrected chi connectivity index (χ4v) is 5.98. The highest BCUT2D eigenvalue weighted by Crippen LogP contribution is 2.36. The number of nitrogens with one attached hydrogen (secondary N) is 1. The Morgan fingerprint density at radius 3 is 2.51 bits per heavy atom. The number of benzene rings is 3. The Kier molecular flexibility index (Phi) is 7.14. The lowest BCUT2D eigenvalue weighted by Crippen LogP contribution is -2.63. The van der Waals surface area contributed by atoms with Crippen LogP contribution in [0.3, 0.4) is 0 Å². The first-order valence-electron chi connectivity index (χ1n) is 12.4. The van der Waals surface area contributed by atoms with Gasteiger partial charge >= 0.3 is 0 Å². The van der Waals surface area contributed by atoms with E-state index in [2.05, 4.69) is 57.6 Å². The Morgan fingerprint density at radius 1 is 1.00 bits per heavy atom. The van der Waals surface area contributed by atoms with Crippen LogP contribution in [0.2, 0.25) is 0 Å². The lowest BCUT2D eigenvalue weighted by molar-refractivity contribution is 0.0741. The van der Waals surface area contributed by atoms with Crippen molar-refractivity contribution in [1.29, 1.82) is 0 Å². The molecule has 1 saturated heterocycles. The zero-order valence-corrected chi connectivity index (χ0v) is 20.7. The molecule has 2 N–H and O–H groups in total. The molecule has 2 aliphatic rings. The Hall–Kier alpha value is -2.80. The van der Waals surface area contributed by atoms with E-state index in [9.17, 15) is 9.50 Å². The highest BCUT2D eigenvalue weighted by molar-refractivity contribution is 7.80. The van der Waals surface area contributed by atoms with Gasteiger partial charge in [-0.1, -0.05) is 66.7 Å². The van der Waals surface area contributed by atoms with Crippen LogP contribution in [0.25, 0.3) is 0 Å². The first-order chi connectivity index (χ1) is 17.1. The molecule has 0 aliphatic carbocycles. The van der Waals surface area contributed by atoms with Crippen molar-refractivity contribution in [3.05, 3.63) is 107 Å². The molecule has 0 spiro atoms. The first kappa shape index (κ1) is 23.9. The number of aliphatic hydroxyl groups excluding tert-OH is 1. The molecule has 1 fully saturated rings. The molecular weight excluding hydrogens is 457 g/mol. The SMILES string of the molecule is OCC1(NC(=S)N2CCc3ccccc3[C@@H]2c2ccc(F)cc2)CCCN(Cc2ccccc2)C1. The van der Waals surface area contributed by atoms with Crippen LogP contribution in [-0.4, -0.2) is 51.8 Å². The summed E-state index contributed by atoms with van der Waals surface area (Å²) in [7, 11) is 0. The minimum Gasteiger partial charge on any atom is -0.394 e. The minimum atomic E-state index is -0.492. The van der Waals surface area contributed by atoms with Crippen molar-refractivity contribution >= 4 is 17.3 Å². The van der Waals surface area contributed by atoms with Crippen LogP contribution in [0, 0.1) is 5.82 Å². The number of rotatable bonds is 5. The van der Waals surface area contributed by atoms with Gasteiger partial charge in [0.1, 0.15) is 5.82 Å². The molecule has 2 atom stereocenters. The molecule has 1 unspecified atom stereocenters. The molecule has 0 bridgehead atoms. The molecular formula is C29H32FN3OS. The summed E-state index contributed by atoms with van der Waals surface area (Å²) < 4.78 is 13.7. The summed E-state index contributed by atoms with van der Waals surface area (Å²) in [5, 5.41) is 14.8. The summed E-state index contributed by atoms with van der Waals surface area (Å²) in [6.45, 7) is 3.36. The largest absolute Gasteiger partial charge is 0.394 e. The van der Waals surface area contributed by atoms with Crippen molar-refractivity contribution in [1.82, 2.24) is 15.1 Å². The van der Waals surface area contributed by atoms with Crippen molar-refractivity contribution in [2.24, 2.45) is 0 Å². The van der Waals surface area contributed by atoms with Gasteiger partial charge in [0, 0.05) is 19.6 Å². The van der Waals surface area contributed by atoms with Crippen LogP contribution in [0.4, 0.5) is 4.39 Å². The number of piperidine rings is 1. The molecule has 182 valence electrons. The van der Waals surface area contributed by atoms with E-state index in [1.165, 1.54) is 28.8 Å². The third kappa shape index (κ3) is 5.25. The Bertz CT molecular complexity index is 1160. The summed E-state index contributed by atoms with van der Waals surface area (Å²) in [4.78, 5) is 4.60. The van der Waals surface area contributed by atoms with Gasteiger partial charge < -0.3 is 15.3 Å². The second kappa shape index (κ2) is 10.4. The molecule has 3 aromatic rings. The molecule has 5 rings (SSSR count).